The van der Waals surface area contributed by atoms with Gasteiger partial charge in [0.2, 0.25) is 0 Å². The smallest absolute Gasteiger partial charge is 0.407 e. The van der Waals surface area contributed by atoms with Crippen LogP contribution in [0.5, 0.6) is 0 Å². The van der Waals surface area contributed by atoms with Crippen LogP contribution < -0.4 is 5.32 Å². The van der Waals surface area contributed by atoms with Gasteiger partial charge in [-0.1, -0.05) is 0 Å². The van der Waals surface area contributed by atoms with Crippen molar-refractivity contribution < 1.29 is 15.0 Å². The molecule has 0 saturated carbocycles. The Hall–Kier alpha value is -0.810. The second-order valence-electron chi connectivity index (χ2n) is 3.37. The molecule has 3 N–H and O–H groups in total. The summed E-state index contributed by atoms with van der Waals surface area (Å²) in [5.74, 6) is 0. The summed E-state index contributed by atoms with van der Waals surface area (Å²) in [4.78, 5) is 12.1. The predicted molar refractivity (Wildman–Crippen MR) is 40.9 cm³/mol. The first kappa shape index (κ1) is 7.82. The van der Waals surface area contributed by atoms with Crippen molar-refractivity contribution in [3.8, 4) is 0 Å². The summed E-state index contributed by atoms with van der Waals surface area (Å²) in [5, 5.41) is 21.4. The number of fused-ring (bicyclic) bond motifs is 2. The van der Waals surface area contributed by atoms with Crippen LogP contribution in [0.1, 0.15) is 6.42 Å². The number of rotatable bonds is 0. The van der Waals surface area contributed by atoms with Crippen LogP contribution in [-0.4, -0.2) is 52.5 Å². The van der Waals surface area contributed by atoms with E-state index in [0.717, 1.165) is 0 Å². The summed E-state index contributed by atoms with van der Waals surface area (Å²) in [5.41, 5.74) is 0. The third kappa shape index (κ3) is 0.971. The molecule has 0 aromatic rings. The van der Waals surface area contributed by atoms with E-state index < -0.39 is 12.2 Å². The molecule has 0 radical (unpaired) electrons. The van der Waals surface area contributed by atoms with Gasteiger partial charge in [-0.25, -0.2) is 4.79 Å². The first-order valence-electron chi connectivity index (χ1n) is 4.10. The summed E-state index contributed by atoms with van der Waals surface area (Å²) >= 11 is 0. The predicted octanol–water partition coefficient (Wildman–Crippen LogP) is -0.929. The molecule has 0 aromatic carbocycles. The normalized spacial score (nSPS) is 40.1. The molecule has 0 aromatic heterocycles. The highest BCUT2D eigenvalue weighted by molar-refractivity contribution is 5.67. The summed E-state index contributed by atoms with van der Waals surface area (Å²) in [6.07, 6.45) is -0.826. The van der Waals surface area contributed by atoms with Gasteiger partial charge in [-0.3, -0.25) is 4.90 Å². The topological polar surface area (TPSA) is 72.8 Å². The van der Waals surface area contributed by atoms with E-state index in [1.807, 2.05) is 0 Å². The van der Waals surface area contributed by atoms with Crippen molar-refractivity contribution in [1.82, 2.24) is 10.2 Å². The maximum Gasteiger partial charge on any atom is 0.407 e. The summed E-state index contributed by atoms with van der Waals surface area (Å²) in [6, 6.07) is -0.266. The van der Waals surface area contributed by atoms with Gasteiger partial charge in [-0.05, 0) is 6.42 Å². The lowest BCUT2D eigenvalue weighted by molar-refractivity contribution is 0.0808. The number of nitrogens with zero attached hydrogens (tertiary/aromatic N) is 1. The fourth-order valence-corrected chi connectivity index (χ4v) is 2.12. The molecule has 1 amide bonds. The lowest BCUT2D eigenvalue weighted by atomic mass is 10.2. The summed E-state index contributed by atoms with van der Waals surface area (Å²) in [7, 11) is 0. The fraction of sp³-hybridized carbons (Fsp3) is 0.857. The van der Waals surface area contributed by atoms with Crippen molar-refractivity contribution in [2.75, 3.05) is 13.1 Å². The standard InChI is InChI=1S/C7H12N2O3/c10-6-1-4-2-8-3-5(6)9(4)7(11)12/h4-6,8,10H,1-3H2,(H,11,12)/t4-,5-,6+/m0/s1. The van der Waals surface area contributed by atoms with Crippen molar-refractivity contribution >= 4 is 6.09 Å². The van der Waals surface area contributed by atoms with Crippen molar-refractivity contribution in [3.63, 3.8) is 0 Å². The molecule has 0 aliphatic carbocycles. The molecule has 2 aliphatic rings. The van der Waals surface area contributed by atoms with Gasteiger partial charge in [0, 0.05) is 13.1 Å². The highest BCUT2D eigenvalue weighted by atomic mass is 16.4. The molecule has 3 atom stereocenters. The first-order valence-corrected chi connectivity index (χ1v) is 4.10. The van der Waals surface area contributed by atoms with E-state index in [9.17, 15) is 9.90 Å². The molecule has 5 heteroatoms. The molecule has 0 unspecified atom stereocenters. The quantitative estimate of drug-likeness (QED) is 0.441. The number of hydrogen-bond donors (Lipinski definition) is 3. The molecule has 68 valence electrons. The molecular formula is C7H12N2O3. The Morgan fingerprint density at radius 2 is 2.25 bits per heavy atom. The molecule has 12 heavy (non-hydrogen) atoms. The van der Waals surface area contributed by atoms with Crippen molar-refractivity contribution in [3.05, 3.63) is 0 Å². The van der Waals surface area contributed by atoms with E-state index in [4.69, 9.17) is 5.11 Å². The third-order valence-corrected chi connectivity index (χ3v) is 2.66. The minimum absolute atomic E-state index is 0.0313. The van der Waals surface area contributed by atoms with Gasteiger partial charge >= 0.3 is 6.09 Å². The Labute approximate surface area is 70.0 Å². The SMILES string of the molecule is O=C(O)N1[C@@H]2CNC[C@H]1[C@H](O)C2. The van der Waals surface area contributed by atoms with Crippen molar-refractivity contribution in [2.45, 2.75) is 24.6 Å². The molecule has 0 spiro atoms. The summed E-state index contributed by atoms with van der Waals surface area (Å²) < 4.78 is 0. The van der Waals surface area contributed by atoms with E-state index >= 15 is 0 Å². The number of aliphatic hydroxyl groups is 1. The van der Waals surface area contributed by atoms with E-state index in [1.165, 1.54) is 4.90 Å². The van der Waals surface area contributed by atoms with Crippen LogP contribution in [0.15, 0.2) is 0 Å². The van der Waals surface area contributed by atoms with E-state index in [-0.39, 0.29) is 12.1 Å². The van der Waals surface area contributed by atoms with Crippen LogP contribution in [-0.2, 0) is 0 Å². The highest BCUT2D eigenvalue weighted by Gasteiger charge is 2.45. The van der Waals surface area contributed by atoms with Crippen LogP contribution in [0.4, 0.5) is 4.79 Å². The van der Waals surface area contributed by atoms with E-state index in [1.54, 1.807) is 0 Å². The van der Waals surface area contributed by atoms with Crippen LogP contribution >= 0.6 is 0 Å². The number of carboxylic acid groups (broad SMARTS) is 1. The van der Waals surface area contributed by atoms with Crippen molar-refractivity contribution in [2.24, 2.45) is 0 Å². The minimum atomic E-state index is -0.914. The van der Waals surface area contributed by atoms with E-state index in [0.29, 0.717) is 19.5 Å². The largest absolute Gasteiger partial charge is 0.465 e. The fourth-order valence-electron chi connectivity index (χ4n) is 2.12. The molecular weight excluding hydrogens is 160 g/mol. The van der Waals surface area contributed by atoms with Crippen molar-refractivity contribution in [1.29, 1.82) is 0 Å². The number of aliphatic hydroxyl groups excluding tert-OH is 1. The average molecular weight is 172 g/mol. The number of amides is 1. The molecule has 5 nitrogen and oxygen atoms in total. The van der Waals surface area contributed by atoms with E-state index in [2.05, 4.69) is 5.32 Å². The van der Waals surface area contributed by atoms with Gasteiger partial charge in [-0.15, -0.1) is 0 Å². The second kappa shape index (κ2) is 2.60. The first-order chi connectivity index (χ1) is 5.70. The molecule has 2 saturated heterocycles. The Balaban J connectivity index is 2.19. The van der Waals surface area contributed by atoms with Crippen LogP contribution in [0, 0.1) is 0 Å². The average Bonchev–Trinajstić information content (AvgIpc) is 2.20. The molecule has 2 fully saturated rings. The molecule has 2 aliphatic heterocycles. The lowest BCUT2D eigenvalue weighted by Gasteiger charge is -2.32. The Morgan fingerprint density at radius 3 is 2.75 bits per heavy atom. The maximum atomic E-state index is 10.7. The second-order valence-corrected chi connectivity index (χ2v) is 3.37. The number of hydrogen-bond acceptors (Lipinski definition) is 3. The van der Waals surface area contributed by atoms with Gasteiger partial charge in [0.15, 0.2) is 0 Å². The monoisotopic (exact) mass is 172 g/mol. The van der Waals surface area contributed by atoms with Crippen LogP contribution in [0.3, 0.4) is 0 Å². The maximum absolute atomic E-state index is 10.7. The van der Waals surface area contributed by atoms with Gasteiger partial charge in [0.25, 0.3) is 0 Å². The zero-order chi connectivity index (χ0) is 8.72. The third-order valence-electron chi connectivity index (χ3n) is 2.66. The molecule has 2 bridgehead atoms. The number of nitrogens with one attached hydrogen (secondary N) is 1. The highest BCUT2D eigenvalue weighted by Crippen LogP contribution is 2.26. The van der Waals surface area contributed by atoms with Gasteiger partial charge < -0.3 is 15.5 Å². The Morgan fingerprint density at radius 1 is 1.50 bits per heavy atom. The number of piperazine rings is 1. The number of carbonyl (C=O) groups is 1. The lowest BCUT2D eigenvalue weighted by Crippen LogP contribution is -2.55. The Kier molecular flexibility index (Phi) is 1.69. The minimum Gasteiger partial charge on any atom is -0.465 e. The zero-order valence-electron chi connectivity index (χ0n) is 6.60. The zero-order valence-corrected chi connectivity index (χ0v) is 6.60. The molecule has 2 heterocycles. The van der Waals surface area contributed by atoms with Gasteiger partial charge in [0.05, 0.1) is 18.2 Å². The Bertz CT molecular complexity index is 209. The van der Waals surface area contributed by atoms with Gasteiger partial charge in [0.1, 0.15) is 0 Å². The summed E-state index contributed by atoms with van der Waals surface area (Å²) in [6.45, 7) is 1.24. The molecule has 2 rings (SSSR count). The van der Waals surface area contributed by atoms with Gasteiger partial charge in [-0.2, -0.15) is 0 Å². The van der Waals surface area contributed by atoms with Crippen LogP contribution in [0.25, 0.3) is 0 Å². The van der Waals surface area contributed by atoms with Crippen LogP contribution in [0.2, 0.25) is 0 Å².